The van der Waals surface area contributed by atoms with Crippen molar-refractivity contribution in [2.45, 2.75) is 13.8 Å². The fourth-order valence-corrected chi connectivity index (χ4v) is 2.13. The molecule has 0 radical (unpaired) electrons. The third-order valence-corrected chi connectivity index (χ3v) is 3.12. The van der Waals surface area contributed by atoms with Gasteiger partial charge in [0.2, 0.25) is 0 Å². The fraction of sp³-hybridized carbons (Fsp3) is 0.167. The number of rotatable bonds is 4. The molecule has 0 bridgehead atoms. The van der Waals surface area contributed by atoms with Gasteiger partial charge < -0.3 is 4.74 Å². The normalized spacial score (nSPS) is 11.1. The van der Waals surface area contributed by atoms with Gasteiger partial charge >= 0.3 is 5.97 Å². The molecular formula is C18H19ClO2. The molecule has 0 heterocycles. The molecular weight excluding hydrogens is 284 g/mol. The first-order chi connectivity index (χ1) is 9.74. The number of carbonyl (C=O) groups is 1. The number of benzene rings is 2. The number of allylic oxidation sites excluding steroid dienone is 1. The van der Waals surface area contributed by atoms with Gasteiger partial charge in [-0.2, -0.15) is 0 Å². The van der Waals surface area contributed by atoms with Crippen LogP contribution >= 0.6 is 12.4 Å². The Morgan fingerprint density at radius 2 is 1.38 bits per heavy atom. The zero-order chi connectivity index (χ0) is 14.4. The quantitative estimate of drug-likeness (QED) is 0.468. The van der Waals surface area contributed by atoms with Crippen molar-refractivity contribution >= 4 is 29.5 Å². The maximum Gasteiger partial charge on any atom is 0.339 e. The van der Waals surface area contributed by atoms with Crippen molar-refractivity contribution in [2.24, 2.45) is 0 Å². The SMILES string of the molecule is CCOC(=O)C(=C(C)c1ccccc1)c1ccccc1.Cl. The van der Waals surface area contributed by atoms with Crippen molar-refractivity contribution in [2.75, 3.05) is 6.61 Å². The fourth-order valence-electron chi connectivity index (χ4n) is 2.13. The summed E-state index contributed by atoms with van der Waals surface area (Å²) in [6, 6.07) is 19.5. The van der Waals surface area contributed by atoms with E-state index in [0.717, 1.165) is 16.7 Å². The molecule has 21 heavy (non-hydrogen) atoms. The van der Waals surface area contributed by atoms with Crippen LogP contribution in [0.25, 0.3) is 11.1 Å². The summed E-state index contributed by atoms with van der Waals surface area (Å²) in [4.78, 5) is 12.3. The van der Waals surface area contributed by atoms with Crippen LogP contribution in [-0.4, -0.2) is 12.6 Å². The summed E-state index contributed by atoms with van der Waals surface area (Å²) < 4.78 is 5.20. The van der Waals surface area contributed by atoms with Crippen LogP contribution < -0.4 is 0 Å². The Morgan fingerprint density at radius 1 is 0.905 bits per heavy atom. The average molecular weight is 303 g/mol. The lowest BCUT2D eigenvalue weighted by atomic mass is 9.96. The largest absolute Gasteiger partial charge is 0.462 e. The van der Waals surface area contributed by atoms with Crippen LogP contribution in [0.4, 0.5) is 0 Å². The van der Waals surface area contributed by atoms with E-state index in [0.29, 0.717) is 12.2 Å². The van der Waals surface area contributed by atoms with Crippen LogP contribution in [0.1, 0.15) is 25.0 Å². The number of esters is 1. The van der Waals surface area contributed by atoms with Gasteiger partial charge in [-0.05, 0) is 30.5 Å². The number of hydrogen-bond acceptors (Lipinski definition) is 2. The first-order valence-electron chi connectivity index (χ1n) is 6.73. The van der Waals surface area contributed by atoms with Gasteiger partial charge in [-0.3, -0.25) is 0 Å². The highest BCUT2D eigenvalue weighted by Crippen LogP contribution is 2.27. The van der Waals surface area contributed by atoms with Crippen LogP contribution in [0.3, 0.4) is 0 Å². The van der Waals surface area contributed by atoms with E-state index in [1.54, 1.807) is 0 Å². The lowest BCUT2D eigenvalue weighted by Crippen LogP contribution is -2.08. The van der Waals surface area contributed by atoms with E-state index in [4.69, 9.17) is 4.74 Å². The lowest BCUT2D eigenvalue weighted by molar-refractivity contribution is -0.136. The molecule has 2 aromatic rings. The molecule has 0 saturated heterocycles. The molecule has 2 rings (SSSR count). The van der Waals surface area contributed by atoms with Gasteiger partial charge in [0.25, 0.3) is 0 Å². The Hall–Kier alpha value is -2.06. The first-order valence-corrected chi connectivity index (χ1v) is 6.73. The first kappa shape index (κ1) is 17.0. The third kappa shape index (κ3) is 4.20. The molecule has 0 atom stereocenters. The molecule has 0 fully saturated rings. The lowest BCUT2D eigenvalue weighted by Gasteiger charge is -2.12. The molecule has 0 N–H and O–H groups in total. The van der Waals surface area contributed by atoms with Crippen molar-refractivity contribution in [1.82, 2.24) is 0 Å². The van der Waals surface area contributed by atoms with Crippen molar-refractivity contribution in [3.8, 4) is 0 Å². The van der Waals surface area contributed by atoms with Crippen molar-refractivity contribution in [1.29, 1.82) is 0 Å². The van der Waals surface area contributed by atoms with Crippen LogP contribution in [0.15, 0.2) is 60.7 Å². The minimum absolute atomic E-state index is 0. The molecule has 3 heteroatoms. The zero-order valence-electron chi connectivity index (χ0n) is 12.2. The van der Waals surface area contributed by atoms with Gasteiger partial charge in [0.1, 0.15) is 0 Å². The molecule has 0 unspecified atom stereocenters. The van der Waals surface area contributed by atoms with Crippen molar-refractivity contribution in [3.05, 3.63) is 71.8 Å². The Morgan fingerprint density at radius 3 is 1.86 bits per heavy atom. The van der Waals surface area contributed by atoms with Gasteiger partial charge in [-0.25, -0.2) is 4.79 Å². The van der Waals surface area contributed by atoms with E-state index in [1.807, 2.05) is 74.5 Å². The van der Waals surface area contributed by atoms with E-state index in [9.17, 15) is 4.79 Å². The molecule has 0 aromatic heterocycles. The third-order valence-electron chi connectivity index (χ3n) is 3.12. The van der Waals surface area contributed by atoms with Crippen LogP contribution in [0, 0.1) is 0 Å². The monoisotopic (exact) mass is 302 g/mol. The minimum Gasteiger partial charge on any atom is -0.462 e. The highest BCUT2D eigenvalue weighted by molar-refractivity contribution is 6.24. The molecule has 2 nitrogen and oxygen atoms in total. The van der Waals surface area contributed by atoms with E-state index in [1.165, 1.54) is 0 Å². The molecule has 0 aliphatic carbocycles. The Balaban J connectivity index is 0.00000220. The minimum atomic E-state index is -0.278. The molecule has 110 valence electrons. The standard InChI is InChI=1S/C18H18O2.ClH/c1-3-20-18(19)17(16-12-8-5-9-13-16)14(2)15-10-6-4-7-11-15;/h4-13H,3H2,1-2H3;1H. The Bertz CT molecular complexity index is 604. The van der Waals surface area contributed by atoms with Crippen LogP contribution in [-0.2, 0) is 9.53 Å². The van der Waals surface area contributed by atoms with Crippen LogP contribution in [0.2, 0.25) is 0 Å². The summed E-state index contributed by atoms with van der Waals surface area (Å²) in [5.41, 5.74) is 3.46. The summed E-state index contributed by atoms with van der Waals surface area (Å²) in [7, 11) is 0. The number of hydrogen-bond donors (Lipinski definition) is 0. The predicted molar refractivity (Wildman–Crippen MR) is 89.3 cm³/mol. The van der Waals surface area contributed by atoms with Gasteiger partial charge in [0.15, 0.2) is 0 Å². The topological polar surface area (TPSA) is 26.3 Å². The van der Waals surface area contributed by atoms with Gasteiger partial charge in [0, 0.05) is 0 Å². The number of ether oxygens (including phenoxy) is 1. The Labute approximate surface area is 131 Å². The van der Waals surface area contributed by atoms with Crippen molar-refractivity contribution in [3.63, 3.8) is 0 Å². The maximum atomic E-state index is 12.3. The second-order valence-corrected chi connectivity index (χ2v) is 4.45. The maximum absolute atomic E-state index is 12.3. The predicted octanol–water partition coefficient (Wildman–Crippen LogP) is 4.60. The molecule has 0 spiro atoms. The summed E-state index contributed by atoms with van der Waals surface area (Å²) in [5, 5.41) is 0. The molecule has 2 aromatic carbocycles. The van der Waals surface area contributed by atoms with E-state index in [-0.39, 0.29) is 18.4 Å². The second kappa shape index (κ2) is 8.28. The smallest absolute Gasteiger partial charge is 0.339 e. The van der Waals surface area contributed by atoms with Gasteiger partial charge in [-0.1, -0.05) is 60.7 Å². The van der Waals surface area contributed by atoms with E-state index < -0.39 is 0 Å². The van der Waals surface area contributed by atoms with E-state index in [2.05, 4.69) is 0 Å². The number of halogens is 1. The van der Waals surface area contributed by atoms with Crippen LogP contribution in [0.5, 0.6) is 0 Å². The summed E-state index contributed by atoms with van der Waals surface area (Å²) in [6.45, 7) is 4.14. The van der Waals surface area contributed by atoms with E-state index >= 15 is 0 Å². The Kier molecular flexibility index (Phi) is 6.70. The second-order valence-electron chi connectivity index (χ2n) is 4.45. The summed E-state index contributed by atoms with van der Waals surface area (Å²) >= 11 is 0. The summed E-state index contributed by atoms with van der Waals surface area (Å²) in [5.74, 6) is -0.278. The van der Waals surface area contributed by atoms with Gasteiger partial charge in [-0.15, -0.1) is 12.4 Å². The highest BCUT2D eigenvalue weighted by Gasteiger charge is 2.17. The average Bonchev–Trinajstić information content (AvgIpc) is 2.50. The summed E-state index contributed by atoms with van der Waals surface area (Å²) in [6.07, 6.45) is 0. The van der Waals surface area contributed by atoms with Crippen molar-refractivity contribution < 1.29 is 9.53 Å². The van der Waals surface area contributed by atoms with Gasteiger partial charge in [0.05, 0.1) is 12.2 Å². The molecule has 0 aliphatic rings. The molecule has 0 amide bonds. The number of carbonyl (C=O) groups excluding carboxylic acids is 1. The zero-order valence-corrected chi connectivity index (χ0v) is 13.0. The highest BCUT2D eigenvalue weighted by atomic mass is 35.5. The molecule has 0 aliphatic heterocycles. The molecule has 0 saturated carbocycles.